The average molecular weight is 251 g/mol. The smallest absolute Gasteiger partial charge is 0.118 e. The average Bonchev–Trinajstić information content (AvgIpc) is 2.92. The second-order valence-corrected chi connectivity index (χ2v) is 4.55. The Balaban J connectivity index is 1.74. The number of methoxy groups -OCH3 is 1. The Morgan fingerprint density at radius 3 is 2.78 bits per heavy atom. The third-order valence-corrected chi connectivity index (χ3v) is 3.17. The summed E-state index contributed by atoms with van der Waals surface area (Å²) in [4.78, 5) is 0. The Morgan fingerprint density at radius 1 is 1.39 bits per heavy atom. The topological polar surface area (TPSA) is 53.7 Å². The molecule has 1 aromatic rings. The van der Waals surface area contributed by atoms with Crippen LogP contribution in [0.15, 0.2) is 24.3 Å². The molecule has 0 aromatic heterocycles. The minimum Gasteiger partial charge on any atom is -0.497 e. The van der Waals surface area contributed by atoms with Crippen LogP contribution in [-0.2, 0) is 9.47 Å². The van der Waals surface area contributed by atoms with Crippen molar-refractivity contribution in [1.29, 1.82) is 0 Å². The molecule has 1 saturated heterocycles. The van der Waals surface area contributed by atoms with E-state index in [1.807, 2.05) is 24.3 Å². The van der Waals surface area contributed by atoms with Crippen LogP contribution in [-0.4, -0.2) is 33.0 Å². The van der Waals surface area contributed by atoms with Gasteiger partial charge in [-0.1, -0.05) is 12.1 Å². The summed E-state index contributed by atoms with van der Waals surface area (Å²) in [5, 5.41) is 0. The number of hydrogen-bond acceptors (Lipinski definition) is 4. The van der Waals surface area contributed by atoms with Crippen LogP contribution in [0.25, 0.3) is 0 Å². The van der Waals surface area contributed by atoms with Gasteiger partial charge in [0.05, 0.1) is 32.5 Å². The molecule has 1 fully saturated rings. The molecule has 2 atom stereocenters. The van der Waals surface area contributed by atoms with Crippen molar-refractivity contribution in [2.45, 2.75) is 25.0 Å². The lowest BCUT2D eigenvalue weighted by Gasteiger charge is -2.15. The number of rotatable bonds is 6. The van der Waals surface area contributed by atoms with Crippen molar-refractivity contribution in [3.05, 3.63) is 29.8 Å². The predicted octanol–water partition coefficient (Wildman–Crippen LogP) is 1.89. The van der Waals surface area contributed by atoms with Gasteiger partial charge in [-0.15, -0.1) is 0 Å². The summed E-state index contributed by atoms with van der Waals surface area (Å²) < 4.78 is 16.2. The number of benzene rings is 1. The second kappa shape index (κ2) is 6.73. The van der Waals surface area contributed by atoms with E-state index in [1.165, 1.54) is 0 Å². The monoisotopic (exact) mass is 251 g/mol. The standard InChI is InChI=1S/C14H21NO3/c1-16-12-6-4-11(5-7-12)14(15)10-17-9-13-3-2-8-18-13/h4-7,13-14H,2-3,8-10,15H2,1H3. The van der Waals surface area contributed by atoms with Gasteiger partial charge in [-0.3, -0.25) is 0 Å². The zero-order valence-electron chi connectivity index (χ0n) is 10.8. The molecule has 1 aliphatic rings. The van der Waals surface area contributed by atoms with Gasteiger partial charge in [0, 0.05) is 6.61 Å². The molecule has 0 aliphatic carbocycles. The largest absolute Gasteiger partial charge is 0.497 e. The van der Waals surface area contributed by atoms with Crippen molar-refractivity contribution < 1.29 is 14.2 Å². The van der Waals surface area contributed by atoms with Gasteiger partial charge >= 0.3 is 0 Å². The minimum atomic E-state index is -0.0997. The fourth-order valence-corrected chi connectivity index (χ4v) is 2.05. The van der Waals surface area contributed by atoms with Crippen molar-refractivity contribution >= 4 is 0 Å². The van der Waals surface area contributed by atoms with Gasteiger partial charge in [0.25, 0.3) is 0 Å². The first kappa shape index (κ1) is 13.3. The van der Waals surface area contributed by atoms with Crippen molar-refractivity contribution in [2.24, 2.45) is 5.73 Å². The molecule has 2 unspecified atom stereocenters. The van der Waals surface area contributed by atoms with Crippen LogP contribution in [0.2, 0.25) is 0 Å². The number of hydrogen-bond donors (Lipinski definition) is 1. The molecule has 1 aromatic carbocycles. The minimum absolute atomic E-state index is 0.0997. The van der Waals surface area contributed by atoms with E-state index in [9.17, 15) is 0 Å². The Hall–Kier alpha value is -1.10. The molecule has 2 rings (SSSR count). The van der Waals surface area contributed by atoms with Gasteiger partial charge < -0.3 is 19.9 Å². The van der Waals surface area contributed by atoms with Gasteiger partial charge in [-0.25, -0.2) is 0 Å². The molecular weight excluding hydrogens is 230 g/mol. The quantitative estimate of drug-likeness (QED) is 0.839. The lowest BCUT2D eigenvalue weighted by molar-refractivity contribution is 0.0129. The van der Waals surface area contributed by atoms with Gasteiger partial charge in [-0.05, 0) is 30.5 Å². The Bertz CT molecular complexity index is 347. The lowest BCUT2D eigenvalue weighted by atomic mass is 10.1. The highest BCUT2D eigenvalue weighted by Gasteiger charge is 2.16. The zero-order valence-corrected chi connectivity index (χ0v) is 10.8. The van der Waals surface area contributed by atoms with Crippen molar-refractivity contribution in [2.75, 3.05) is 26.9 Å². The van der Waals surface area contributed by atoms with Gasteiger partial charge in [-0.2, -0.15) is 0 Å². The zero-order chi connectivity index (χ0) is 12.8. The van der Waals surface area contributed by atoms with E-state index in [4.69, 9.17) is 19.9 Å². The van der Waals surface area contributed by atoms with Crippen molar-refractivity contribution in [3.8, 4) is 5.75 Å². The van der Waals surface area contributed by atoms with E-state index in [-0.39, 0.29) is 12.1 Å². The van der Waals surface area contributed by atoms with Crippen LogP contribution >= 0.6 is 0 Å². The third kappa shape index (κ3) is 3.70. The van der Waals surface area contributed by atoms with Crippen LogP contribution in [0.1, 0.15) is 24.4 Å². The molecule has 18 heavy (non-hydrogen) atoms. The summed E-state index contributed by atoms with van der Waals surface area (Å²) in [6.45, 7) is 2.02. The molecule has 0 amide bonds. The molecule has 0 bridgehead atoms. The first-order chi connectivity index (χ1) is 8.79. The molecule has 1 aliphatic heterocycles. The van der Waals surface area contributed by atoms with Crippen LogP contribution < -0.4 is 10.5 Å². The van der Waals surface area contributed by atoms with E-state index < -0.39 is 0 Å². The molecule has 0 saturated carbocycles. The van der Waals surface area contributed by atoms with Crippen LogP contribution in [0.4, 0.5) is 0 Å². The van der Waals surface area contributed by atoms with E-state index >= 15 is 0 Å². The molecule has 2 N–H and O–H groups in total. The van der Waals surface area contributed by atoms with E-state index in [0.717, 1.165) is 30.8 Å². The summed E-state index contributed by atoms with van der Waals surface area (Å²) in [6.07, 6.45) is 2.49. The molecular formula is C14H21NO3. The second-order valence-electron chi connectivity index (χ2n) is 4.55. The fourth-order valence-electron chi connectivity index (χ4n) is 2.05. The molecule has 0 radical (unpaired) electrons. The summed E-state index contributed by atoms with van der Waals surface area (Å²) in [5.74, 6) is 0.839. The first-order valence-corrected chi connectivity index (χ1v) is 6.38. The highest BCUT2D eigenvalue weighted by molar-refractivity contribution is 5.28. The van der Waals surface area contributed by atoms with Crippen molar-refractivity contribution in [1.82, 2.24) is 0 Å². The summed E-state index contributed by atoms with van der Waals surface area (Å²) in [6, 6.07) is 7.67. The number of ether oxygens (including phenoxy) is 3. The molecule has 4 nitrogen and oxygen atoms in total. The highest BCUT2D eigenvalue weighted by atomic mass is 16.5. The Morgan fingerprint density at radius 2 is 2.17 bits per heavy atom. The maximum absolute atomic E-state index is 6.06. The van der Waals surface area contributed by atoms with Gasteiger partial charge in [0.1, 0.15) is 5.75 Å². The molecule has 0 spiro atoms. The summed E-state index contributed by atoms with van der Waals surface area (Å²) >= 11 is 0. The molecule has 100 valence electrons. The fraction of sp³-hybridized carbons (Fsp3) is 0.571. The number of nitrogens with two attached hydrogens (primary N) is 1. The van der Waals surface area contributed by atoms with Gasteiger partial charge in [0.2, 0.25) is 0 Å². The molecule has 1 heterocycles. The van der Waals surface area contributed by atoms with Gasteiger partial charge in [0.15, 0.2) is 0 Å². The van der Waals surface area contributed by atoms with Crippen LogP contribution in [0.3, 0.4) is 0 Å². The SMILES string of the molecule is COc1ccc(C(N)COCC2CCCO2)cc1. The third-order valence-electron chi connectivity index (χ3n) is 3.17. The van der Waals surface area contributed by atoms with E-state index in [1.54, 1.807) is 7.11 Å². The maximum atomic E-state index is 6.06. The van der Waals surface area contributed by atoms with Crippen LogP contribution in [0, 0.1) is 0 Å². The Labute approximate surface area is 108 Å². The van der Waals surface area contributed by atoms with Crippen molar-refractivity contribution in [3.63, 3.8) is 0 Å². The Kier molecular flexibility index (Phi) is 4.99. The predicted molar refractivity (Wildman–Crippen MR) is 69.7 cm³/mol. The highest BCUT2D eigenvalue weighted by Crippen LogP contribution is 2.17. The van der Waals surface area contributed by atoms with E-state index in [0.29, 0.717) is 13.2 Å². The van der Waals surface area contributed by atoms with E-state index in [2.05, 4.69) is 0 Å². The lowest BCUT2D eigenvalue weighted by Crippen LogP contribution is -2.21. The maximum Gasteiger partial charge on any atom is 0.118 e. The van der Waals surface area contributed by atoms with Crippen LogP contribution in [0.5, 0.6) is 5.75 Å². The summed E-state index contributed by atoms with van der Waals surface area (Å²) in [7, 11) is 1.65. The summed E-state index contributed by atoms with van der Waals surface area (Å²) in [5.41, 5.74) is 7.12. The first-order valence-electron chi connectivity index (χ1n) is 6.38. The molecule has 4 heteroatoms. The normalized spacial score (nSPS) is 20.9.